The van der Waals surface area contributed by atoms with Crippen LogP contribution in [0.3, 0.4) is 0 Å². The van der Waals surface area contributed by atoms with Gasteiger partial charge in [0.15, 0.2) is 17.1 Å². The van der Waals surface area contributed by atoms with Gasteiger partial charge in [-0.15, -0.1) is 10.2 Å². The van der Waals surface area contributed by atoms with Gasteiger partial charge in [-0.3, -0.25) is 4.79 Å². The number of anilines is 1. The van der Waals surface area contributed by atoms with Gasteiger partial charge in [0.1, 0.15) is 5.75 Å². The molecule has 0 saturated heterocycles. The molecule has 0 bridgehead atoms. The minimum atomic E-state index is -0.260. The normalized spacial score (nSPS) is 11.9. The predicted molar refractivity (Wildman–Crippen MR) is 135 cm³/mol. The smallest absolute Gasteiger partial charge is 0.234 e. The molecule has 7 heteroatoms. The Morgan fingerprint density at radius 2 is 1.73 bits per heavy atom. The molecule has 0 saturated carbocycles. The van der Waals surface area contributed by atoms with Crippen LogP contribution >= 0.6 is 11.8 Å². The lowest BCUT2D eigenvalue weighted by Crippen LogP contribution is -2.17. The second-order valence-corrected chi connectivity index (χ2v) is 8.98. The van der Waals surface area contributed by atoms with Crippen LogP contribution in [-0.4, -0.2) is 26.4 Å². The molecule has 1 amide bonds. The van der Waals surface area contributed by atoms with E-state index in [4.69, 9.17) is 4.74 Å². The van der Waals surface area contributed by atoms with Crippen molar-refractivity contribution in [1.82, 2.24) is 14.8 Å². The van der Waals surface area contributed by atoms with E-state index in [1.807, 2.05) is 30.5 Å². The molecule has 1 aromatic heterocycles. The number of hydrogen-bond donors (Lipinski definition) is 1. The molecule has 0 aliphatic carbocycles. The highest BCUT2D eigenvalue weighted by Crippen LogP contribution is 2.28. The number of hydrogen-bond acceptors (Lipinski definition) is 5. The van der Waals surface area contributed by atoms with Gasteiger partial charge in [0, 0.05) is 12.2 Å². The Hall–Kier alpha value is -2.80. The molecule has 3 rings (SSSR count). The Labute approximate surface area is 201 Å². The first-order valence-electron chi connectivity index (χ1n) is 11.6. The molecular weight excluding hydrogens is 432 g/mol. The molecule has 1 heterocycles. The molecule has 2 aromatic carbocycles. The highest BCUT2D eigenvalue weighted by Gasteiger charge is 2.20. The number of aromatic nitrogens is 3. The summed E-state index contributed by atoms with van der Waals surface area (Å²) >= 11 is 1.40. The molecule has 6 nitrogen and oxygen atoms in total. The summed E-state index contributed by atoms with van der Waals surface area (Å²) in [5.74, 6) is 1.84. The highest BCUT2D eigenvalue weighted by molar-refractivity contribution is 7.99. The van der Waals surface area contributed by atoms with Gasteiger partial charge in [-0.05, 0) is 68.9 Å². The first kappa shape index (κ1) is 24.8. The van der Waals surface area contributed by atoms with Gasteiger partial charge in [0.25, 0.3) is 0 Å². The number of aryl methyl sites for hydroxylation is 3. The lowest BCUT2D eigenvalue weighted by atomic mass is 10.0. The summed E-state index contributed by atoms with van der Waals surface area (Å²) in [5, 5.41) is 12.6. The zero-order chi connectivity index (χ0) is 24.0. The summed E-state index contributed by atoms with van der Waals surface area (Å²) in [4.78, 5) is 12.8. The minimum absolute atomic E-state index is 0.0394. The molecule has 176 valence electrons. The summed E-state index contributed by atoms with van der Waals surface area (Å²) < 4.78 is 8.23. The summed E-state index contributed by atoms with van der Waals surface area (Å²) in [6.07, 6.45) is 1.50. The van der Waals surface area contributed by atoms with Crippen LogP contribution in [0.1, 0.15) is 61.9 Å². The number of thioether (sulfide) groups is 1. The van der Waals surface area contributed by atoms with E-state index in [1.165, 1.54) is 17.3 Å². The Balaban J connectivity index is 1.69. The van der Waals surface area contributed by atoms with E-state index < -0.39 is 0 Å². The first-order valence-corrected chi connectivity index (χ1v) is 12.6. The maximum Gasteiger partial charge on any atom is 0.234 e. The molecule has 0 aliphatic heterocycles. The molecular formula is C26H34N4O2S. The summed E-state index contributed by atoms with van der Waals surface area (Å²) in [7, 11) is 0. The monoisotopic (exact) mass is 466 g/mol. The van der Waals surface area contributed by atoms with Crippen molar-refractivity contribution in [2.24, 2.45) is 0 Å². The number of carbonyl (C=O) groups is 1. The Bertz CT molecular complexity index is 1090. The first-order chi connectivity index (χ1) is 15.9. The highest BCUT2D eigenvalue weighted by atomic mass is 32.2. The summed E-state index contributed by atoms with van der Waals surface area (Å²) in [6, 6.07) is 12.2. The maximum atomic E-state index is 12.8. The SMILES string of the molecule is CCc1cccc(CC)c1NC(=O)CSc1nnc(C(C)Oc2cccc(C)c2C)n1CC. The Morgan fingerprint density at radius 1 is 1.06 bits per heavy atom. The van der Waals surface area contributed by atoms with Gasteiger partial charge < -0.3 is 14.6 Å². The van der Waals surface area contributed by atoms with Gasteiger partial charge in [0.05, 0.1) is 5.75 Å². The van der Waals surface area contributed by atoms with Crippen LogP contribution in [-0.2, 0) is 24.2 Å². The van der Waals surface area contributed by atoms with Gasteiger partial charge >= 0.3 is 0 Å². The van der Waals surface area contributed by atoms with Crippen LogP contribution in [0, 0.1) is 13.8 Å². The van der Waals surface area contributed by atoms with Gasteiger partial charge in [0.2, 0.25) is 5.91 Å². The van der Waals surface area contributed by atoms with Crippen molar-refractivity contribution in [3.63, 3.8) is 0 Å². The fourth-order valence-electron chi connectivity index (χ4n) is 3.81. The Morgan fingerprint density at radius 3 is 2.36 bits per heavy atom. The summed E-state index contributed by atoms with van der Waals surface area (Å²) in [5.41, 5.74) is 5.57. The second kappa shape index (κ2) is 11.4. The van der Waals surface area contributed by atoms with Crippen molar-refractivity contribution in [1.29, 1.82) is 0 Å². The second-order valence-electron chi connectivity index (χ2n) is 8.04. The van der Waals surface area contributed by atoms with Crippen LogP contribution in [0.2, 0.25) is 0 Å². The molecule has 1 N–H and O–H groups in total. The molecule has 0 aliphatic rings. The van der Waals surface area contributed by atoms with Crippen molar-refractivity contribution < 1.29 is 9.53 Å². The van der Waals surface area contributed by atoms with E-state index in [2.05, 4.69) is 67.5 Å². The molecule has 0 spiro atoms. The average molecular weight is 467 g/mol. The van der Waals surface area contributed by atoms with Crippen LogP contribution < -0.4 is 10.1 Å². The van der Waals surface area contributed by atoms with Crippen LogP contribution in [0.5, 0.6) is 5.75 Å². The third-order valence-corrected chi connectivity index (χ3v) is 6.85. The maximum absolute atomic E-state index is 12.8. The van der Waals surface area contributed by atoms with Gasteiger partial charge in [-0.25, -0.2) is 0 Å². The van der Waals surface area contributed by atoms with Crippen molar-refractivity contribution in [3.8, 4) is 5.75 Å². The molecule has 1 atom stereocenters. The van der Waals surface area contributed by atoms with E-state index in [0.29, 0.717) is 6.54 Å². The van der Waals surface area contributed by atoms with Gasteiger partial charge in [-0.1, -0.05) is 55.9 Å². The van der Waals surface area contributed by atoms with Crippen molar-refractivity contribution in [2.45, 2.75) is 72.2 Å². The fourth-order valence-corrected chi connectivity index (χ4v) is 4.62. The number of carbonyl (C=O) groups excluding carboxylic acids is 1. The van der Waals surface area contributed by atoms with E-state index in [1.54, 1.807) is 0 Å². The number of benzene rings is 2. The molecule has 1 unspecified atom stereocenters. The number of rotatable bonds is 10. The minimum Gasteiger partial charge on any atom is -0.482 e. The molecule has 0 radical (unpaired) electrons. The number of ether oxygens (including phenoxy) is 1. The van der Waals surface area contributed by atoms with Gasteiger partial charge in [-0.2, -0.15) is 0 Å². The zero-order valence-corrected chi connectivity index (χ0v) is 21.3. The van der Waals surface area contributed by atoms with E-state index in [9.17, 15) is 4.79 Å². The fraction of sp³-hybridized carbons (Fsp3) is 0.423. The zero-order valence-electron chi connectivity index (χ0n) is 20.4. The van der Waals surface area contributed by atoms with Crippen molar-refractivity contribution >= 4 is 23.4 Å². The lowest BCUT2D eigenvalue weighted by molar-refractivity contribution is -0.113. The molecule has 3 aromatic rings. The van der Waals surface area contributed by atoms with Crippen LogP contribution in [0.15, 0.2) is 41.6 Å². The Kier molecular flexibility index (Phi) is 8.55. The van der Waals surface area contributed by atoms with Crippen molar-refractivity contribution in [2.75, 3.05) is 11.1 Å². The summed E-state index contributed by atoms with van der Waals surface area (Å²) in [6.45, 7) is 13.1. The third kappa shape index (κ3) is 5.77. The molecule has 0 fully saturated rings. The third-order valence-electron chi connectivity index (χ3n) is 5.88. The van der Waals surface area contributed by atoms with E-state index in [-0.39, 0.29) is 17.8 Å². The number of nitrogens with one attached hydrogen (secondary N) is 1. The predicted octanol–water partition coefficient (Wildman–Crippen LogP) is 5.91. The van der Waals surface area contributed by atoms with Crippen molar-refractivity contribution in [3.05, 3.63) is 64.5 Å². The van der Waals surface area contributed by atoms with Crippen LogP contribution in [0.4, 0.5) is 5.69 Å². The van der Waals surface area contributed by atoms with E-state index >= 15 is 0 Å². The number of nitrogens with zero attached hydrogens (tertiary/aromatic N) is 3. The standard InChI is InChI=1S/C26H34N4O2S/c1-7-20-13-11-14-21(8-2)24(20)27-23(31)16-33-26-29-28-25(30(26)9-3)19(6)32-22-15-10-12-17(4)18(22)5/h10-15,19H,7-9,16H2,1-6H3,(H,27,31). The average Bonchev–Trinajstić information content (AvgIpc) is 3.24. The number of amides is 1. The quantitative estimate of drug-likeness (QED) is 0.376. The lowest BCUT2D eigenvalue weighted by Gasteiger charge is -2.18. The molecule has 33 heavy (non-hydrogen) atoms. The van der Waals surface area contributed by atoms with E-state index in [0.717, 1.165) is 51.9 Å². The number of para-hydroxylation sites is 1. The van der Waals surface area contributed by atoms with Crippen LogP contribution in [0.25, 0.3) is 0 Å². The largest absolute Gasteiger partial charge is 0.482 e. The topological polar surface area (TPSA) is 69.0 Å².